The molecule has 0 aromatic heterocycles. The van der Waals surface area contributed by atoms with E-state index >= 15 is 0 Å². The maximum Gasteiger partial charge on any atom is 0.0914 e. The fraction of sp³-hybridized carbons (Fsp3) is 0.200. The molecule has 1 aliphatic rings. The molecule has 0 fully saturated rings. The minimum absolute atomic E-state index is 0.242. The average Bonchev–Trinajstić information content (AvgIpc) is 2.69. The summed E-state index contributed by atoms with van der Waals surface area (Å²) in [4.78, 5) is 2.47. The van der Waals surface area contributed by atoms with E-state index in [1.807, 2.05) is 0 Å². The zero-order valence-electron chi connectivity index (χ0n) is 15.2. The zero-order valence-corrected chi connectivity index (χ0v) is 15.2. The molecule has 0 saturated heterocycles. The molecule has 128 valence electrons. The highest BCUT2D eigenvalue weighted by molar-refractivity contribution is 5.58. The molecule has 1 nitrogen and oxygen atoms in total. The van der Waals surface area contributed by atoms with Crippen LogP contribution in [-0.2, 0) is 13.0 Å². The van der Waals surface area contributed by atoms with Crippen molar-refractivity contribution in [2.24, 2.45) is 0 Å². The number of hydrogen-bond donors (Lipinski definition) is 0. The number of anilines is 1. The van der Waals surface area contributed by atoms with Crippen LogP contribution < -0.4 is 4.90 Å². The van der Waals surface area contributed by atoms with Crippen LogP contribution in [0.3, 0.4) is 0 Å². The quantitative estimate of drug-likeness (QED) is 0.568. The Kier molecular flexibility index (Phi) is 4.75. The van der Waals surface area contributed by atoms with Crippen LogP contribution in [0.2, 0.25) is 0 Å². The molecule has 1 heteroatoms. The molecule has 0 amide bonds. The first-order valence-electron chi connectivity index (χ1n) is 9.26. The summed E-state index contributed by atoms with van der Waals surface area (Å²) < 4.78 is 0. The Hall–Kier alpha value is -2.98. The molecule has 0 bridgehead atoms. The standard InChI is InChI=1S/C25H23N/c1-20-11-13-21(14-12-20)15-17-24-18-16-23-9-5-6-10-25(23)26(24)19-22-7-3-2-4-8-22/h2-14,24H,16,18-19H2,1H3. The molecule has 3 aromatic rings. The summed E-state index contributed by atoms with van der Waals surface area (Å²) in [7, 11) is 0. The number of nitrogens with zero attached hydrogens (tertiary/aromatic N) is 1. The van der Waals surface area contributed by atoms with Crippen LogP contribution in [0.15, 0.2) is 78.9 Å². The molecule has 26 heavy (non-hydrogen) atoms. The third-order valence-electron chi connectivity index (χ3n) is 4.99. The first-order chi connectivity index (χ1) is 12.8. The van der Waals surface area contributed by atoms with E-state index in [0.717, 1.165) is 24.9 Å². The van der Waals surface area contributed by atoms with Gasteiger partial charge in [-0.15, -0.1) is 0 Å². The third kappa shape index (κ3) is 3.65. The number of para-hydroxylation sites is 1. The molecular weight excluding hydrogens is 314 g/mol. The molecule has 0 N–H and O–H groups in total. The monoisotopic (exact) mass is 337 g/mol. The molecule has 4 rings (SSSR count). The van der Waals surface area contributed by atoms with E-state index in [0.29, 0.717) is 0 Å². The summed E-state index contributed by atoms with van der Waals surface area (Å²) in [6.07, 6.45) is 2.16. The van der Waals surface area contributed by atoms with Gasteiger partial charge in [0.25, 0.3) is 0 Å². The van der Waals surface area contributed by atoms with Crippen molar-refractivity contribution in [3.63, 3.8) is 0 Å². The third-order valence-corrected chi connectivity index (χ3v) is 4.99. The number of hydrogen-bond acceptors (Lipinski definition) is 1. The Morgan fingerprint density at radius 1 is 0.885 bits per heavy atom. The molecule has 0 spiro atoms. The maximum atomic E-state index is 3.54. The SMILES string of the molecule is Cc1ccc(C#CC2CCc3ccccc3N2Cc2ccccc2)cc1. The second-order valence-corrected chi connectivity index (χ2v) is 6.93. The summed E-state index contributed by atoms with van der Waals surface area (Å²) in [6, 6.07) is 28.2. The Morgan fingerprint density at radius 2 is 1.62 bits per heavy atom. The topological polar surface area (TPSA) is 3.24 Å². The highest BCUT2D eigenvalue weighted by Crippen LogP contribution is 2.31. The highest BCUT2D eigenvalue weighted by atomic mass is 15.2. The van der Waals surface area contributed by atoms with Gasteiger partial charge >= 0.3 is 0 Å². The predicted molar refractivity (Wildman–Crippen MR) is 109 cm³/mol. The molecule has 1 unspecified atom stereocenters. The maximum absolute atomic E-state index is 3.54. The smallest absolute Gasteiger partial charge is 0.0914 e. The van der Waals surface area contributed by atoms with Gasteiger partial charge in [-0.3, -0.25) is 0 Å². The van der Waals surface area contributed by atoms with Gasteiger partial charge in [0.2, 0.25) is 0 Å². The minimum Gasteiger partial charge on any atom is -0.353 e. The van der Waals surface area contributed by atoms with Crippen LogP contribution in [-0.4, -0.2) is 6.04 Å². The van der Waals surface area contributed by atoms with Crippen LogP contribution in [0.4, 0.5) is 5.69 Å². The summed E-state index contributed by atoms with van der Waals surface area (Å²) in [5.41, 5.74) is 6.44. The fourth-order valence-electron chi connectivity index (χ4n) is 3.55. The normalized spacial score (nSPS) is 15.7. The predicted octanol–water partition coefficient (Wildman–Crippen LogP) is 5.37. The lowest BCUT2D eigenvalue weighted by Gasteiger charge is -2.36. The van der Waals surface area contributed by atoms with Gasteiger partial charge in [0.05, 0.1) is 6.04 Å². The summed E-state index contributed by atoms with van der Waals surface area (Å²) in [6.45, 7) is 3.00. The molecule has 1 aliphatic heterocycles. The van der Waals surface area contributed by atoms with Crippen molar-refractivity contribution in [1.29, 1.82) is 0 Å². The lowest BCUT2D eigenvalue weighted by Crippen LogP contribution is -2.38. The molecule has 1 heterocycles. The van der Waals surface area contributed by atoms with Crippen molar-refractivity contribution in [2.75, 3.05) is 4.90 Å². The molecule has 1 atom stereocenters. The molecule has 3 aromatic carbocycles. The average molecular weight is 337 g/mol. The van der Waals surface area contributed by atoms with Gasteiger partial charge in [0.1, 0.15) is 0 Å². The highest BCUT2D eigenvalue weighted by Gasteiger charge is 2.24. The van der Waals surface area contributed by atoms with Gasteiger partial charge in [-0.05, 0) is 49.1 Å². The number of rotatable bonds is 2. The Labute approximate surface area is 156 Å². The van der Waals surface area contributed by atoms with Crippen LogP contribution in [0, 0.1) is 18.8 Å². The molecule has 0 aliphatic carbocycles. The number of benzene rings is 3. The van der Waals surface area contributed by atoms with Gasteiger partial charge in [-0.1, -0.05) is 78.1 Å². The lowest BCUT2D eigenvalue weighted by molar-refractivity contribution is 0.615. The van der Waals surface area contributed by atoms with Crippen molar-refractivity contribution in [3.05, 3.63) is 101 Å². The van der Waals surface area contributed by atoms with E-state index in [2.05, 4.69) is 103 Å². The molecular formula is C25H23N. The second-order valence-electron chi connectivity index (χ2n) is 6.93. The largest absolute Gasteiger partial charge is 0.353 e. The number of aryl methyl sites for hydroxylation is 2. The zero-order chi connectivity index (χ0) is 17.8. The second kappa shape index (κ2) is 7.50. The van der Waals surface area contributed by atoms with E-state index < -0.39 is 0 Å². The van der Waals surface area contributed by atoms with Crippen molar-refractivity contribution >= 4 is 5.69 Å². The van der Waals surface area contributed by atoms with E-state index in [9.17, 15) is 0 Å². The van der Waals surface area contributed by atoms with E-state index in [1.54, 1.807) is 0 Å². The molecule has 0 radical (unpaired) electrons. The number of fused-ring (bicyclic) bond motifs is 1. The van der Waals surface area contributed by atoms with Crippen LogP contribution in [0.25, 0.3) is 0 Å². The van der Waals surface area contributed by atoms with Gasteiger partial charge in [-0.25, -0.2) is 0 Å². The van der Waals surface area contributed by atoms with Gasteiger partial charge in [0.15, 0.2) is 0 Å². The Balaban J connectivity index is 1.65. The van der Waals surface area contributed by atoms with Crippen molar-refractivity contribution in [2.45, 2.75) is 32.4 Å². The Bertz CT molecular complexity index is 929. The van der Waals surface area contributed by atoms with Crippen molar-refractivity contribution in [3.8, 4) is 11.8 Å². The van der Waals surface area contributed by atoms with Gasteiger partial charge in [-0.2, -0.15) is 0 Å². The van der Waals surface area contributed by atoms with E-state index in [4.69, 9.17) is 0 Å². The Morgan fingerprint density at radius 3 is 2.42 bits per heavy atom. The first kappa shape index (κ1) is 16.5. The fourth-order valence-corrected chi connectivity index (χ4v) is 3.55. The van der Waals surface area contributed by atoms with Crippen molar-refractivity contribution < 1.29 is 0 Å². The summed E-state index contributed by atoms with van der Waals surface area (Å²) >= 11 is 0. The van der Waals surface area contributed by atoms with E-state index in [1.165, 1.54) is 22.4 Å². The van der Waals surface area contributed by atoms with Crippen molar-refractivity contribution in [1.82, 2.24) is 0 Å². The molecule has 0 saturated carbocycles. The first-order valence-corrected chi connectivity index (χ1v) is 9.26. The summed E-state index contributed by atoms with van der Waals surface area (Å²) in [5, 5.41) is 0. The van der Waals surface area contributed by atoms with Crippen LogP contribution in [0.5, 0.6) is 0 Å². The minimum atomic E-state index is 0.242. The van der Waals surface area contributed by atoms with Gasteiger partial charge < -0.3 is 4.90 Å². The van der Waals surface area contributed by atoms with Crippen LogP contribution in [0.1, 0.15) is 28.7 Å². The lowest BCUT2D eigenvalue weighted by atomic mass is 9.95. The van der Waals surface area contributed by atoms with Crippen LogP contribution >= 0.6 is 0 Å². The van der Waals surface area contributed by atoms with E-state index in [-0.39, 0.29) is 6.04 Å². The summed E-state index contributed by atoms with van der Waals surface area (Å²) in [5.74, 6) is 6.94. The van der Waals surface area contributed by atoms with Gasteiger partial charge in [0, 0.05) is 17.8 Å².